The molecule has 0 aliphatic carbocycles. The zero-order valence-electron chi connectivity index (χ0n) is 8.13. The molecule has 0 aromatic heterocycles. The summed E-state index contributed by atoms with van der Waals surface area (Å²) in [5, 5.41) is 8.42. The van der Waals surface area contributed by atoms with Crippen LogP contribution in [0, 0.1) is 5.92 Å². The van der Waals surface area contributed by atoms with Crippen LogP contribution in [-0.2, 0) is 4.79 Å². The van der Waals surface area contributed by atoms with Gasteiger partial charge in [-0.3, -0.25) is 0 Å². The van der Waals surface area contributed by atoms with Gasteiger partial charge in [-0.05, 0) is 25.7 Å². The molecule has 0 fully saturated rings. The Morgan fingerprint density at radius 3 is 2.50 bits per heavy atom. The van der Waals surface area contributed by atoms with Crippen LogP contribution < -0.4 is 0 Å². The Morgan fingerprint density at radius 2 is 2.08 bits per heavy atom. The highest BCUT2D eigenvalue weighted by molar-refractivity contribution is 5.80. The molecule has 0 aliphatic heterocycles. The van der Waals surface area contributed by atoms with Gasteiger partial charge in [0.15, 0.2) is 0 Å². The normalized spacial score (nSPS) is 12.2. The van der Waals surface area contributed by atoms with Gasteiger partial charge in [0.1, 0.15) is 0 Å². The number of carboxylic acids is 1. The fraction of sp³-hybridized carbons (Fsp3) is 0.700. The van der Waals surface area contributed by atoms with Crippen molar-refractivity contribution in [2.75, 3.05) is 0 Å². The summed E-state index contributed by atoms with van der Waals surface area (Å²) >= 11 is 0. The molecule has 1 N–H and O–H groups in total. The van der Waals surface area contributed by atoms with Gasteiger partial charge in [0.2, 0.25) is 0 Å². The molecule has 0 radical (unpaired) electrons. The van der Waals surface area contributed by atoms with E-state index in [0.717, 1.165) is 18.4 Å². The smallest absolute Gasteiger partial charge is 0.328 e. The summed E-state index contributed by atoms with van der Waals surface area (Å²) < 4.78 is 0. The Hall–Kier alpha value is -0.790. The fourth-order valence-corrected chi connectivity index (χ4v) is 1.07. The van der Waals surface area contributed by atoms with Gasteiger partial charge in [0.05, 0.1) is 0 Å². The molecule has 0 aromatic rings. The predicted octanol–water partition coefficient (Wildman–Crippen LogP) is 2.84. The van der Waals surface area contributed by atoms with Crippen molar-refractivity contribution >= 4 is 5.97 Å². The highest BCUT2D eigenvalue weighted by Crippen LogP contribution is 2.11. The average molecular weight is 170 g/mol. The summed E-state index contributed by atoms with van der Waals surface area (Å²) in [6, 6.07) is 0. The molecule has 0 unspecified atom stereocenters. The number of hydrogen-bond donors (Lipinski definition) is 1. The van der Waals surface area contributed by atoms with E-state index in [0.29, 0.717) is 5.92 Å². The van der Waals surface area contributed by atoms with Gasteiger partial charge in [-0.2, -0.15) is 0 Å². The third-order valence-electron chi connectivity index (χ3n) is 1.72. The molecular weight excluding hydrogens is 152 g/mol. The summed E-state index contributed by atoms with van der Waals surface area (Å²) in [6.45, 7) is 6.22. The van der Waals surface area contributed by atoms with Crippen LogP contribution in [0.3, 0.4) is 0 Å². The maximum absolute atomic E-state index is 10.2. The van der Waals surface area contributed by atoms with E-state index in [1.807, 2.05) is 6.92 Å². The summed E-state index contributed by atoms with van der Waals surface area (Å²) in [6.07, 6.45) is 4.46. The van der Waals surface area contributed by atoms with Crippen molar-refractivity contribution in [3.8, 4) is 0 Å². The van der Waals surface area contributed by atoms with Crippen LogP contribution in [0.25, 0.3) is 0 Å². The quantitative estimate of drug-likeness (QED) is 0.644. The second kappa shape index (κ2) is 5.81. The van der Waals surface area contributed by atoms with Crippen LogP contribution in [-0.4, -0.2) is 11.1 Å². The molecule has 0 bridgehead atoms. The van der Waals surface area contributed by atoms with E-state index < -0.39 is 5.97 Å². The molecule has 0 spiro atoms. The van der Waals surface area contributed by atoms with Gasteiger partial charge >= 0.3 is 5.97 Å². The van der Waals surface area contributed by atoms with Crippen LogP contribution in [0.5, 0.6) is 0 Å². The maximum atomic E-state index is 10.2. The molecule has 0 rings (SSSR count). The second-order valence-corrected chi connectivity index (χ2v) is 3.62. The summed E-state index contributed by atoms with van der Waals surface area (Å²) in [7, 11) is 0. The first-order valence-corrected chi connectivity index (χ1v) is 4.42. The standard InChI is InChI=1S/C10H18O2/c1-8(2)5-4-6-9(3)7-10(11)12/h7-8H,4-6H2,1-3H3,(H,11,12)/b9-7+. The number of carboxylic acid groups (broad SMARTS) is 1. The van der Waals surface area contributed by atoms with E-state index in [4.69, 9.17) is 5.11 Å². The lowest BCUT2D eigenvalue weighted by atomic mass is 10.0. The summed E-state index contributed by atoms with van der Waals surface area (Å²) in [4.78, 5) is 10.2. The molecule has 0 aromatic carbocycles. The van der Waals surface area contributed by atoms with Crippen LogP contribution >= 0.6 is 0 Å². The minimum absolute atomic E-state index is 0.711. The summed E-state index contributed by atoms with van der Waals surface area (Å²) in [5.41, 5.74) is 0.961. The summed E-state index contributed by atoms with van der Waals surface area (Å²) in [5.74, 6) is -0.125. The van der Waals surface area contributed by atoms with Crippen molar-refractivity contribution in [1.82, 2.24) is 0 Å². The molecule has 0 heterocycles. The Labute approximate surface area is 74.3 Å². The van der Waals surface area contributed by atoms with Crippen molar-refractivity contribution in [2.45, 2.75) is 40.0 Å². The minimum Gasteiger partial charge on any atom is -0.478 e. The van der Waals surface area contributed by atoms with Crippen molar-refractivity contribution in [1.29, 1.82) is 0 Å². The van der Waals surface area contributed by atoms with E-state index in [1.165, 1.54) is 12.5 Å². The van der Waals surface area contributed by atoms with Crippen LogP contribution in [0.4, 0.5) is 0 Å². The molecule has 2 nitrogen and oxygen atoms in total. The van der Waals surface area contributed by atoms with Crippen LogP contribution in [0.2, 0.25) is 0 Å². The third-order valence-corrected chi connectivity index (χ3v) is 1.72. The van der Waals surface area contributed by atoms with Crippen molar-refractivity contribution in [3.05, 3.63) is 11.6 Å². The topological polar surface area (TPSA) is 37.3 Å². The Morgan fingerprint density at radius 1 is 1.50 bits per heavy atom. The first kappa shape index (κ1) is 11.2. The predicted molar refractivity (Wildman–Crippen MR) is 50.1 cm³/mol. The highest BCUT2D eigenvalue weighted by atomic mass is 16.4. The molecule has 12 heavy (non-hydrogen) atoms. The zero-order valence-corrected chi connectivity index (χ0v) is 8.13. The first-order chi connectivity index (χ1) is 5.52. The van der Waals surface area contributed by atoms with E-state index in [-0.39, 0.29) is 0 Å². The molecular formula is C10H18O2. The van der Waals surface area contributed by atoms with Gasteiger partial charge in [-0.25, -0.2) is 4.79 Å². The number of hydrogen-bond acceptors (Lipinski definition) is 1. The van der Waals surface area contributed by atoms with Gasteiger partial charge in [0, 0.05) is 6.08 Å². The Bertz CT molecular complexity index is 169. The maximum Gasteiger partial charge on any atom is 0.328 e. The monoisotopic (exact) mass is 170 g/mol. The SMILES string of the molecule is C/C(=C\C(=O)O)CCCC(C)C. The van der Waals surface area contributed by atoms with Crippen LogP contribution in [0.1, 0.15) is 40.0 Å². The van der Waals surface area contributed by atoms with E-state index in [2.05, 4.69) is 13.8 Å². The molecule has 2 heteroatoms. The van der Waals surface area contributed by atoms with Crippen molar-refractivity contribution in [2.24, 2.45) is 5.92 Å². The lowest BCUT2D eigenvalue weighted by molar-refractivity contribution is -0.131. The molecule has 0 saturated carbocycles. The third kappa shape index (κ3) is 7.32. The lowest BCUT2D eigenvalue weighted by Crippen LogP contribution is -1.92. The molecule has 70 valence electrons. The lowest BCUT2D eigenvalue weighted by Gasteiger charge is -2.03. The van der Waals surface area contributed by atoms with Gasteiger partial charge < -0.3 is 5.11 Å². The largest absolute Gasteiger partial charge is 0.478 e. The van der Waals surface area contributed by atoms with Crippen molar-refractivity contribution < 1.29 is 9.90 Å². The number of rotatable bonds is 5. The second-order valence-electron chi connectivity index (χ2n) is 3.62. The fourth-order valence-electron chi connectivity index (χ4n) is 1.07. The molecule has 0 amide bonds. The van der Waals surface area contributed by atoms with Gasteiger partial charge in [0.25, 0.3) is 0 Å². The van der Waals surface area contributed by atoms with Crippen LogP contribution in [0.15, 0.2) is 11.6 Å². The molecule has 0 atom stereocenters. The average Bonchev–Trinajstić information content (AvgIpc) is 1.84. The Balaban J connectivity index is 3.57. The number of carbonyl (C=O) groups is 1. The van der Waals surface area contributed by atoms with E-state index in [1.54, 1.807) is 0 Å². The first-order valence-electron chi connectivity index (χ1n) is 4.42. The van der Waals surface area contributed by atoms with Gasteiger partial charge in [-0.15, -0.1) is 0 Å². The minimum atomic E-state index is -0.836. The van der Waals surface area contributed by atoms with E-state index in [9.17, 15) is 4.79 Å². The number of allylic oxidation sites excluding steroid dienone is 1. The van der Waals surface area contributed by atoms with Crippen molar-refractivity contribution in [3.63, 3.8) is 0 Å². The van der Waals surface area contributed by atoms with E-state index >= 15 is 0 Å². The Kier molecular flexibility index (Phi) is 5.43. The molecule has 0 saturated heterocycles. The molecule has 0 aliphatic rings. The highest BCUT2D eigenvalue weighted by Gasteiger charge is 1.96. The zero-order chi connectivity index (χ0) is 9.56. The number of aliphatic carboxylic acids is 1. The van der Waals surface area contributed by atoms with Gasteiger partial charge in [-0.1, -0.05) is 25.8 Å².